The second-order valence-corrected chi connectivity index (χ2v) is 5.30. The van der Waals surface area contributed by atoms with Crippen LogP contribution >= 0.6 is 0 Å². The van der Waals surface area contributed by atoms with Crippen molar-refractivity contribution in [3.63, 3.8) is 0 Å². The summed E-state index contributed by atoms with van der Waals surface area (Å²) in [6.07, 6.45) is 0. The SMILES string of the molecule is Oc1ccc2c(c1)c(-c1ccccc1)nn2-c1ccc(F)cc1. The van der Waals surface area contributed by atoms with Gasteiger partial charge in [0.2, 0.25) is 0 Å². The fourth-order valence-electron chi connectivity index (χ4n) is 2.69. The number of halogens is 1. The number of fused-ring (bicyclic) bond motifs is 1. The van der Waals surface area contributed by atoms with Gasteiger partial charge in [-0.05, 0) is 42.5 Å². The normalized spacial score (nSPS) is 11.0. The molecule has 0 amide bonds. The van der Waals surface area contributed by atoms with E-state index in [0.717, 1.165) is 27.8 Å². The molecule has 0 atom stereocenters. The van der Waals surface area contributed by atoms with E-state index in [0.29, 0.717) is 0 Å². The molecule has 0 unspecified atom stereocenters. The monoisotopic (exact) mass is 304 g/mol. The van der Waals surface area contributed by atoms with Gasteiger partial charge < -0.3 is 5.11 Å². The van der Waals surface area contributed by atoms with Gasteiger partial charge in [0.05, 0.1) is 11.2 Å². The third-order valence-electron chi connectivity index (χ3n) is 3.78. The highest BCUT2D eigenvalue weighted by atomic mass is 19.1. The number of hydrogen-bond acceptors (Lipinski definition) is 2. The first-order valence-corrected chi connectivity index (χ1v) is 7.25. The summed E-state index contributed by atoms with van der Waals surface area (Å²) in [5.41, 5.74) is 3.36. The van der Waals surface area contributed by atoms with Crippen LogP contribution in [0.15, 0.2) is 72.8 Å². The van der Waals surface area contributed by atoms with E-state index in [-0.39, 0.29) is 11.6 Å². The summed E-state index contributed by atoms with van der Waals surface area (Å²) in [5, 5.41) is 15.4. The van der Waals surface area contributed by atoms with Crippen molar-refractivity contribution < 1.29 is 9.50 Å². The van der Waals surface area contributed by atoms with Crippen LogP contribution in [0, 0.1) is 5.82 Å². The Balaban J connectivity index is 2.01. The zero-order chi connectivity index (χ0) is 15.8. The van der Waals surface area contributed by atoms with Gasteiger partial charge in [0, 0.05) is 10.9 Å². The first-order chi connectivity index (χ1) is 11.2. The van der Waals surface area contributed by atoms with Gasteiger partial charge in [-0.1, -0.05) is 30.3 Å². The molecule has 4 heteroatoms. The summed E-state index contributed by atoms with van der Waals surface area (Å²) in [4.78, 5) is 0. The molecular formula is C19H13FN2O. The lowest BCUT2D eigenvalue weighted by molar-refractivity contribution is 0.476. The van der Waals surface area contributed by atoms with E-state index in [4.69, 9.17) is 0 Å². The molecule has 3 aromatic carbocycles. The highest BCUT2D eigenvalue weighted by Gasteiger charge is 2.14. The van der Waals surface area contributed by atoms with Gasteiger partial charge in [0.25, 0.3) is 0 Å². The lowest BCUT2D eigenvalue weighted by atomic mass is 10.1. The zero-order valence-corrected chi connectivity index (χ0v) is 12.1. The molecule has 1 aromatic heterocycles. The second-order valence-electron chi connectivity index (χ2n) is 5.30. The molecule has 0 fully saturated rings. The smallest absolute Gasteiger partial charge is 0.123 e. The van der Waals surface area contributed by atoms with Crippen molar-refractivity contribution in [2.45, 2.75) is 0 Å². The van der Waals surface area contributed by atoms with Gasteiger partial charge in [-0.3, -0.25) is 0 Å². The average molecular weight is 304 g/mol. The fraction of sp³-hybridized carbons (Fsp3) is 0. The molecule has 4 rings (SSSR count). The third-order valence-corrected chi connectivity index (χ3v) is 3.78. The number of rotatable bonds is 2. The molecule has 0 aliphatic heterocycles. The highest BCUT2D eigenvalue weighted by molar-refractivity contribution is 5.95. The van der Waals surface area contributed by atoms with E-state index >= 15 is 0 Å². The molecule has 0 radical (unpaired) electrons. The van der Waals surface area contributed by atoms with Crippen LogP contribution in [-0.2, 0) is 0 Å². The van der Waals surface area contributed by atoms with Crippen molar-refractivity contribution in [2.24, 2.45) is 0 Å². The predicted octanol–water partition coefficient (Wildman–Crippen LogP) is 4.54. The van der Waals surface area contributed by atoms with Gasteiger partial charge in [0.15, 0.2) is 0 Å². The summed E-state index contributed by atoms with van der Waals surface area (Å²) < 4.78 is 14.9. The Kier molecular flexibility index (Phi) is 3.08. The van der Waals surface area contributed by atoms with Crippen LogP contribution in [0.4, 0.5) is 4.39 Å². The van der Waals surface area contributed by atoms with Crippen LogP contribution in [0.5, 0.6) is 5.75 Å². The number of phenolic OH excluding ortho intramolecular Hbond substituents is 1. The minimum atomic E-state index is -0.286. The molecule has 0 aliphatic rings. The summed E-state index contributed by atoms with van der Waals surface area (Å²) in [7, 11) is 0. The van der Waals surface area contributed by atoms with Crippen LogP contribution in [0.3, 0.4) is 0 Å². The molecule has 0 saturated carbocycles. The predicted molar refractivity (Wildman–Crippen MR) is 88.1 cm³/mol. The minimum Gasteiger partial charge on any atom is -0.508 e. The molecule has 0 spiro atoms. The maximum absolute atomic E-state index is 13.2. The molecule has 23 heavy (non-hydrogen) atoms. The first-order valence-electron chi connectivity index (χ1n) is 7.25. The Hall–Kier alpha value is -3.14. The Morgan fingerprint density at radius 1 is 0.870 bits per heavy atom. The molecule has 112 valence electrons. The van der Waals surface area contributed by atoms with E-state index in [1.807, 2.05) is 36.4 Å². The van der Waals surface area contributed by atoms with Crippen molar-refractivity contribution in [1.82, 2.24) is 9.78 Å². The topological polar surface area (TPSA) is 38.1 Å². The largest absolute Gasteiger partial charge is 0.508 e. The highest BCUT2D eigenvalue weighted by Crippen LogP contribution is 2.32. The molecule has 0 saturated heterocycles. The Morgan fingerprint density at radius 2 is 1.61 bits per heavy atom. The summed E-state index contributed by atoms with van der Waals surface area (Å²) in [5.74, 6) is -0.0977. The van der Waals surface area contributed by atoms with Crippen LogP contribution in [-0.4, -0.2) is 14.9 Å². The number of hydrogen-bond donors (Lipinski definition) is 1. The standard InChI is InChI=1S/C19H13FN2O/c20-14-6-8-15(9-7-14)22-18-11-10-16(23)12-17(18)19(21-22)13-4-2-1-3-5-13/h1-12,23H. The Labute approximate surface area is 132 Å². The van der Waals surface area contributed by atoms with Crippen LogP contribution in [0.1, 0.15) is 0 Å². The summed E-state index contributed by atoms with van der Waals surface area (Å²) >= 11 is 0. The van der Waals surface area contributed by atoms with E-state index in [9.17, 15) is 9.50 Å². The maximum Gasteiger partial charge on any atom is 0.123 e. The summed E-state index contributed by atoms with van der Waals surface area (Å²) in [6.45, 7) is 0. The van der Waals surface area contributed by atoms with E-state index in [2.05, 4.69) is 5.10 Å². The van der Waals surface area contributed by atoms with Crippen molar-refractivity contribution in [3.8, 4) is 22.7 Å². The van der Waals surface area contributed by atoms with Gasteiger partial charge >= 0.3 is 0 Å². The summed E-state index contributed by atoms with van der Waals surface area (Å²) in [6, 6.07) is 21.1. The van der Waals surface area contributed by atoms with Gasteiger partial charge in [-0.25, -0.2) is 9.07 Å². The van der Waals surface area contributed by atoms with E-state index < -0.39 is 0 Å². The van der Waals surface area contributed by atoms with Gasteiger partial charge in [0.1, 0.15) is 17.3 Å². The van der Waals surface area contributed by atoms with Crippen LogP contribution < -0.4 is 0 Å². The Bertz CT molecular complexity index is 976. The van der Waals surface area contributed by atoms with Crippen LogP contribution in [0.25, 0.3) is 27.8 Å². The van der Waals surface area contributed by atoms with Crippen molar-refractivity contribution >= 4 is 10.9 Å². The maximum atomic E-state index is 13.2. The molecule has 0 bridgehead atoms. The molecule has 3 nitrogen and oxygen atoms in total. The molecular weight excluding hydrogens is 291 g/mol. The van der Waals surface area contributed by atoms with Crippen molar-refractivity contribution in [3.05, 3.63) is 78.6 Å². The van der Waals surface area contributed by atoms with Gasteiger partial charge in [-0.15, -0.1) is 0 Å². The number of phenols is 1. The number of aromatic nitrogens is 2. The van der Waals surface area contributed by atoms with Crippen LogP contribution in [0.2, 0.25) is 0 Å². The second kappa shape index (κ2) is 5.25. The molecule has 0 aliphatic carbocycles. The van der Waals surface area contributed by atoms with E-state index in [1.165, 1.54) is 12.1 Å². The minimum absolute atomic E-state index is 0.188. The number of benzene rings is 3. The third kappa shape index (κ3) is 2.34. The fourth-order valence-corrected chi connectivity index (χ4v) is 2.69. The molecule has 1 N–H and O–H groups in total. The van der Waals surface area contributed by atoms with Crippen molar-refractivity contribution in [2.75, 3.05) is 0 Å². The lowest BCUT2D eigenvalue weighted by Crippen LogP contribution is -1.96. The quantitative estimate of drug-likeness (QED) is 0.590. The molecule has 1 heterocycles. The molecule has 4 aromatic rings. The van der Waals surface area contributed by atoms with Crippen molar-refractivity contribution in [1.29, 1.82) is 0 Å². The Morgan fingerprint density at radius 3 is 2.35 bits per heavy atom. The number of aromatic hydroxyl groups is 1. The number of nitrogens with zero attached hydrogens (tertiary/aromatic N) is 2. The first kappa shape index (κ1) is 13.5. The van der Waals surface area contributed by atoms with E-state index in [1.54, 1.807) is 28.9 Å². The average Bonchev–Trinajstić information content (AvgIpc) is 2.95. The lowest BCUT2D eigenvalue weighted by Gasteiger charge is -2.03. The van der Waals surface area contributed by atoms with Gasteiger partial charge in [-0.2, -0.15) is 5.10 Å². The zero-order valence-electron chi connectivity index (χ0n) is 12.1.